The molecule has 0 fully saturated rings. The standard InChI is InChI=1S/C12H26NO2.ClH/c1-6-8-9-10-15-11(7-2)12(14)13(3,4)5;/h11H,6-10H2,1-5H3;1H/q+1;/p-1. The van der Waals surface area contributed by atoms with E-state index in [2.05, 4.69) is 6.92 Å². The van der Waals surface area contributed by atoms with Crippen molar-refractivity contribution < 1.29 is 26.4 Å². The predicted molar refractivity (Wildman–Crippen MR) is 62.6 cm³/mol. The summed E-state index contributed by atoms with van der Waals surface area (Å²) in [5, 5.41) is 0. The molecule has 0 saturated carbocycles. The maximum atomic E-state index is 11.9. The quantitative estimate of drug-likeness (QED) is 0.438. The number of unbranched alkanes of at least 4 members (excludes halogenated alkanes) is 2. The fourth-order valence-corrected chi connectivity index (χ4v) is 1.37. The topological polar surface area (TPSA) is 26.3 Å². The molecule has 1 amide bonds. The Morgan fingerprint density at radius 1 is 1.19 bits per heavy atom. The summed E-state index contributed by atoms with van der Waals surface area (Å²) < 4.78 is 5.96. The highest BCUT2D eigenvalue weighted by atomic mass is 35.5. The number of hydrogen-bond donors (Lipinski definition) is 0. The van der Waals surface area contributed by atoms with Crippen LogP contribution in [0.5, 0.6) is 0 Å². The molecule has 0 saturated heterocycles. The van der Waals surface area contributed by atoms with Crippen molar-refractivity contribution in [1.82, 2.24) is 0 Å². The maximum absolute atomic E-state index is 11.9. The Balaban J connectivity index is 0. The largest absolute Gasteiger partial charge is 1.00 e. The van der Waals surface area contributed by atoms with Gasteiger partial charge in [0.05, 0.1) is 21.1 Å². The van der Waals surface area contributed by atoms with Gasteiger partial charge >= 0.3 is 5.91 Å². The lowest BCUT2D eigenvalue weighted by molar-refractivity contribution is -0.794. The van der Waals surface area contributed by atoms with Gasteiger partial charge in [0, 0.05) is 6.61 Å². The van der Waals surface area contributed by atoms with Gasteiger partial charge in [-0.25, -0.2) is 4.79 Å². The SMILES string of the molecule is CCCCCOC(CC)C(=O)[N+](C)(C)C.[Cl-]. The van der Waals surface area contributed by atoms with E-state index < -0.39 is 0 Å². The third-order valence-electron chi connectivity index (χ3n) is 2.37. The zero-order valence-electron chi connectivity index (χ0n) is 11.3. The van der Waals surface area contributed by atoms with Crippen molar-refractivity contribution in [2.24, 2.45) is 0 Å². The van der Waals surface area contributed by atoms with Gasteiger partial charge in [0.15, 0.2) is 6.10 Å². The first-order valence-electron chi connectivity index (χ1n) is 5.90. The fraction of sp³-hybridized carbons (Fsp3) is 0.917. The van der Waals surface area contributed by atoms with Crippen LogP contribution in [0.1, 0.15) is 39.5 Å². The molecule has 1 atom stereocenters. The summed E-state index contributed by atoms with van der Waals surface area (Å²) >= 11 is 0. The summed E-state index contributed by atoms with van der Waals surface area (Å²) in [5.41, 5.74) is 0. The summed E-state index contributed by atoms with van der Waals surface area (Å²) in [6.45, 7) is 4.87. The molecule has 0 aliphatic heterocycles. The molecule has 98 valence electrons. The van der Waals surface area contributed by atoms with Crippen LogP contribution in [0.3, 0.4) is 0 Å². The number of nitrogens with zero attached hydrogens (tertiary/aromatic N) is 1. The predicted octanol–water partition coefficient (Wildman–Crippen LogP) is -0.791. The molecule has 0 N–H and O–H groups in total. The normalized spacial score (nSPS) is 13.1. The lowest BCUT2D eigenvalue weighted by atomic mass is 10.2. The zero-order chi connectivity index (χ0) is 11.9. The molecule has 4 heteroatoms. The first-order chi connectivity index (χ1) is 6.93. The van der Waals surface area contributed by atoms with E-state index in [1.807, 2.05) is 28.1 Å². The Kier molecular flexibility index (Phi) is 10.2. The molecule has 0 aliphatic carbocycles. The Labute approximate surface area is 106 Å². The molecule has 0 radical (unpaired) electrons. The third kappa shape index (κ3) is 7.20. The molecule has 0 spiro atoms. The monoisotopic (exact) mass is 251 g/mol. The molecule has 0 aliphatic rings. The van der Waals surface area contributed by atoms with Crippen molar-refractivity contribution in [3.63, 3.8) is 0 Å². The molecule has 0 aromatic heterocycles. The van der Waals surface area contributed by atoms with Gasteiger partial charge in [-0.05, 0) is 12.8 Å². The van der Waals surface area contributed by atoms with Gasteiger partial charge in [-0.2, -0.15) is 0 Å². The van der Waals surface area contributed by atoms with Gasteiger partial charge in [0.2, 0.25) is 0 Å². The molecule has 0 bridgehead atoms. The van der Waals surface area contributed by atoms with E-state index in [4.69, 9.17) is 4.74 Å². The molecular formula is C12H26ClNO2. The first kappa shape index (κ1) is 18.3. The van der Waals surface area contributed by atoms with Crippen molar-refractivity contribution in [3.05, 3.63) is 0 Å². The van der Waals surface area contributed by atoms with E-state index in [-0.39, 0.29) is 24.4 Å². The second-order valence-corrected chi connectivity index (χ2v) is 4.83. The molecule has 3 nitrogen and oxygen atoms in total. The zero-order valence-corrected chi connectivity index (χ0v) is 12.0. The minimum atomic E-state index is -0.234. The van der Waals surface area contributed by atoms with E-state index in [1.54, 1.807) is 0 Å². The Hall–Kier alpha value is -0.120. The molecule has 0 rings (SSSR count). The number of amides is 1. The van der Waals surface area contributed by atoms with E-state index >= 15 is 0 Å². The van der Waals surface area contributed by atoms with Crippen LogP contribution < -0.4 is 12.4 Å². The average Bonchev–Trinajstić information content (AvgIpc) is 2.16. The summed E-state index contributed by atoms with van der Waals surface area (Å²) in [6.07, 6.45) is 3.94. The average molecular weight is 252 g/mol. The highest BCUT2D eigenvalue weighted by Crippen LogP contribution is 2.07. The van der Waals surface area contributed by atoms with Crippen molar-refractivity contribution >= 4 is 5.91 Å². The minimum Gasteiger partial charge on any atom is -1.00 e. The van der Waals surface area contributed by atoms with Gasteiger partial charge < -0.3 is 17.1 Å². The van der Waals surface area contributed by atoms with Gasteiger partial charge in [0.25, 0.3) is 0 Å². The number of carbonyl (C=O) groups excluding carboxylic acids is 1. The van der Waals surface area contributed by atoms with Gasteiger partial charge in [0.1, 0.15) is 0 Å². The van der Waals surface area contributed by atoms with Crippen LogP contribution in [0.2, 0.25) is 0 Å². The number of ether oxygens (including phenoxy) is 1. The van der Waals surface area contributed by atoms with E-state index in [0.29, 0.717) is 11.1 Å². The maximum Gasteiger partial charge on any atom is 0.341 e. The van der Waals surface area contributed by atoms with Crippen molar-refractivity contribution in [2.75, 3.05) is 27.7 Å². The number of quaternary nitrogens is 1. The Bertz CT molecular complexity index is 190. The van der Waals surface area contributed by atoms with Crippen LogP contribution in [0, 0.1) is 0 Å². The molecular weight excluding hydrogens is 226 g/mol. The number of likely N-dealkylation sites (N-methyl/N-ethyl adjacent to an activating group) is 1. The third-order valence-corrected chi connectivity index (χ3v) is 2.37. The first-order valence-corrected chi connectivity index (χ1v) is 5.90. The van der Waals surface area contributed by atoms with Crippen LogP contribution in [0.4, 0.5) is 0 Å². The van der Waals surface area contributed by atoms with Crippen LogP contribution in [-0.2, 0) is 9.53 Å². The number of halogens is 1. The molecule has 1 unspecified atom stereocenters. The minimum absolute atomic E-state index is 0. The Morgan fingerprint density at radius 3 is 2.12 bits per heavy atom. The number of hydrogen-bond acceptors (Lipinski definition) is 2. The summed E-state index contributed by atoms with van der Waals surface area (Å²) in [5.74, 6) is 0.161. The second-order valence-electron chi connectivity index (χ2n) is 4.83. The van der Waals surface area contributed by atoms with Crippen molar-refractivity contribution in [1.29, 1.82) is 0 Å². The molecule has 0 heterocycles. The van der Waals surface area contributed by atoms with Crippen LogP contribution >= 0.6 is 0 Å². The van der Waals surface area contributed by atoms with Gasteiger partial charge in [-0.15, -0.1) is 0 Å². The van der Waals surface area contributed by atoms with Crippen molar-refractivity contribution in [2.45, 2.75) is 45.6 Å². The summed E-state index contributed by atoms with van der Waals surface area (Å²) in [6, 6.07) is 0. The van der Waals surface area contributed by atoms with Crippen LogP contribution in [0.25, 0.3) is 0 Å². The fourth-order valence-electron chi connectivity index (χ4n) is 1.37. The van der Waals surface area contributed by atoms with Gasteiger partial charge in [-0.3, -0.25) is 4.48 Å². The van der Waals surface area contributed by atoms with E-state index in [0.717, 1.165) is 12.8 Å². The molecule has 0 aromatic carbocycles. The number of carbonyl (C=O) groups is 1. The Morgan fingerprint density at radius 2 is 1.75 bits per heavy atom. The smallest absolute Gasteiger partial charge is 0.341 e. The van der Waals surface area contributed by atoms with Crippen LogP contribution in [0.15, 0.2) is 0 Å². The second kappa shape index (κ2) is 8.97. The lowest BCUT2D eigenvalue weighted by Gasteiger charge is -2.25. The summed E-state index contributed by atoms with van der Waals surface area (Å²) in [4.78, 5) is 11.9. The van der Waals surface area contributed by atoms with Gasteiger partial charge in [-0.1, -0.05) is 26.7 Å². The molecule has 16 heavy (non-hydrogen) atoms. The van der Waals surface area contributed by atoms with E-state index in [1.165, 1.54) is 12.8 Å². The highest BCUT2D eigenvalue weighted by molar-refractivity contribution is 5.73. The number of rotatable bonds is 7. The molecule has 0 aromatic rings. The highest BCUT2D eigenvalue weighted by Gasteiger charge is 2.29. The lowest BCUT2D eigenvalue weighted by Crippen LogP contribution is -3.00. The van der Waals surface area contributed by atoms with Crippen LogP contribution in [-0.4, -0.2) is 44.2 Å². The van der Waals surface area contributed by atoms with E-state index in [9.17, 15) is 4.79 Å². The summed E-state index contributed by atoms with van der Waals surface area (Å²) in [7, 11) is 5.67. The van der Waals surface area contributed by atoms with Crippen molar-refractivity contribution in [3.8, 4) is 0 Å².